The average Bonchev–Trinajstić information content (AvgIpc) is 2.72. The molecule has 0 aromatic carbocycles. The van der Waals surface area contributed by atoms with Crippen molar-refractivity contribution in [1.82, 2.24) is 9.78 Å². The summed E-state index contributed by atoms with van der Waals surface area (Å²) < 4.78 is 1.94. The summed E-state index contributed by atoms with van der Waals surface area (Å²) in [5.41, 5.74) is 5.56. The molecule has 0 radical (unpaired) electrons. The maximum absolute atomic E-state index is 5.56. The molecule has 0 aliphatic heterocycles. The monoisotopic (exact) mass is 239 g/mol. The van der Waals surface area contributed by atoms with E-state index in [0.717, 1.165) is 11.8 Å². The van der Waals surface area contributed by atoms with Gasteiger partial charge in [-0.2, -0.15) is 16.9 Å². The van der Waals surface area contributed by atoms with Crippen molar-refractivity contribution in [3.05, 3.63) is 12.3 Å². The van der Waals surface area contributed by atoms with Gasteiger partial charge < -0.3 is 5.73 Å². The van der Waals surface area contributed by atoms with Crippen LogP contribution in [0, 0.1) is 0 Å². The molecule has 1 heterocycles. The highest BCUT2D eigenvalue weighted by Crippen LogP contribution is 2.28. The largest absolute Gasteiger partial charge is 0.382 e. The number of aryl methyl sites for hydroxylation is 1. The SMILES string of the molecule is Nc1ccn(CCCSC2CCCCC2)n1. The fourth-order valence-electron chi connectivity index (χ4n) is 2.21. The molecule has 4 heteroatoms. The van der Waals surface area contributed by atoms with E-state index in [1.165, 1.54) is 44.3 Å². The van der Waals surface area contributed by atoms with Crippen LogP contribution in [0.25, 0.3) is 0 Å². The van der Waals surface area contributed by atoms with Gasteiger partial charge >= 0.3 is 0 Å². The molecule has 16 heavy (non-hydrogen) atoms. The first-order valence-corrected chi connectivity index (χ1v) is 7.30. The Hall–Kier alpha value is -0.640. The number of nitrogen functional groups attached to an aromatic ring is 1. The Balaban J connectivity index is 1.57. The zero-order valence-electron chi connectivity index (χ0n) is 9.77. The summed E-state index contributed by atoms with van der Waals surface area (Å²) in [6.07, 6.45) is 10.3. The number of rotatable bonds is 5. The van der Waals surface area contributed by atoms with Crippen molar-refractivity contribution in [3.63, 3.8) is 0 Å². The van der Waals surface area contributed by atoms with Gasteiger partial charge in [0.2, 0.25) is 0 Å². The lowest BCUT2D eigenvalue weighted by Crippen LogP contribution is -2.09. The second-order valence-corrected chi connectivity index (χ2v) is 5.90. The van der Waals surface area contributed by atoms with Crippen molar-refractivity contribution >= 4 is 17.6 Å². The molecular formula is C12H21N3S. The smallest absolute Gasteiger partial charge is 0.145 e. The highest BCUT2D eigenvalue weighted by Gasteiger charge is 2.12. The number of hydrogen-bond acceptors (Lipinski definition) is 3. The van der Waals surface area contributed by atoms with Gasteiger partial charge in [0.25, 0.3) is 0 Å². The quantitative estimate of drug-likeness (QED) is 0.803. The zero-order valence-corrected chi connectivity index (χ0v) is 10.6. The fraction of sp³-hybridized carbons (Fsp3) is 0.750. The minimum absolute atomic E-state index is 0.625. The number of nitrogens with two attached hydrogens (primary N) is 1. The van der Waals surface area contributed by atoms with Crippen molar-refractivity contribution in [1.29, 1.82) is 0 Å². The van der Waals surface area contributed by atoms with Crippen molar-refractivity contribution in [2.45, 2.75) is 50.3 Å². The van der Waals surface area contributed by atoms with E-state index in [4.69, 9.17) is 5.73 Å². The van der Waals surface area contributed by atoms with E-state index in [1.54, 1.807) is 0 Å². The number of anilines is 1. The third-order valence-electron chi connectivity index (χ3n) is 3.10. The predicted octanol–water partition coefficient (Wildman–Crippen LogP) is 2.92. The number of nitrogens with zero attached hydrogens (tertiary/aromatic N) is 2. The Morgan fingerprint density at radius 1 is 1.38 bits per heavy atom. The first-order chi connectivity index (χ1) is 7.84. The molecule has 3 nitrogen and oxygen atoms in total. The molecule has 1 aromatic rings. The summed E-state index contributed by atoms with van der Waals surface area (Å²) in [6, 6.07) is 1.86. The Morgan fingerprint density at radius 2 is 2.19 bits per heavy atom. The summed E-state index contributed by atoms with van der Waals surface area (Å²) in [7, 11) is 0. The molecule has 0 atom stereocenters. The van der Waals surface area contributed by atoms with Gasteiger partial charge in [0, 0.05) is 18.0 Å². The van der Waals surface area contributed by atoms with E-state index in [9.17, 15) is 0 Å². The van der Waals surface area contributed by atoms with Crippen LogP contribution in [0.1, 0.15) is 38.5 Å². The third kappa shape index (κ3) is 3.74. The fourth-order valence-corrected chi connectivity index (χ4v) is 3.51. The predicted molar refractivity (Wildman–Crippen MR) is 70.6 cm³/mol. The summed E-state index contributed by atoms with van der Waals surface area (Å²) in [5.74, 6) is 1.88. The number of hydrogen-bond donors (Lipinski definition) is 1. The summed E-state index contributed by atoms with van der Waals surface area (Å²) in [4.78, 5) is 0. The second-order valence-electron chi connectivity index (χ2n) is 4.49. The number of thioether (sulfide) groups is 1. The first-order valence-electron chi connectivity index (χ1n) is 6.25. The summed E-state index contributed by atoms with van der Waals surface area (Å²) in [5, 5.41) is 5.11. The minimum Gasteiger partial charge on any atom is -0.382 e. The molecular weight excluding hydrogens is 218 g/mol. The van der Waals surface area contributed by atoms with Gasteiger partial charge in [0.05, 0.1) is 0 Å². The number of aromatic nitrogens is 2. The standard InChI is InChI=1S/C12H21N3S/c13-12-7-9-15(14-12)8-4-10-16-11-5-2-1-3-6-11/h7,9,11H,1-6,8,10H2,(H2,13,14). The lowest BCUT2D eigenvalue weighted by atomic mass is 10.0. The minimum atomic E-state index is 0.625. The Morgan fingerprint density at radius 3 is 2.88 bits per heavy atom. The first kappa shape index (κ1) is 11.8. The molecule has 0 bridgehead atoms. The van der Waals surface area contributed by atoms with Crippen LogP contribution in [0.4, 0.5) is 5.82 Å². The maximum Gasteiger partial charge on any atom is 0.145 e. The molecule has 1 saturated carbocycles. The molecule has 1 aliphatic rings. The Bertz CT molecular complexity index is 305. The molecule has 1 aromatic heterocycles. The summed E-state index contributed by atoms with van der Waals surface area (Å²) >= 11 is 2.15. The average molecular weight is 239 g/mol. The maximum atomic E-state index is 5.56. The highest BCUT2D eigenvalue weighted by molar-refractivity contribution is 7.99. The van der Waals surface area contributed by atoms with Gasteiger partial charge in [0.1, 0.15) is 5.82 Å². The molecule has 0 amide bonds. The molecule has 0 unspecified atom stereocenters. The lowest BCUT2D eigenvalue weighted by molar-refractivity contribution is 0.515. The van der Waals surface area contributed by atoms with Gasteiger partial charge in [-0.25, -0.2) is 0 Å². The van der Waals surface area contributed by atoms with Crippen molar-refractivity contribution in [2.24, 2.45) is 0 Å². The van der Waals surface area contributed by atoms with E-state index in [2.05, 4.69) is 16.9 Å². The molecule has 0 saturated heterocycles. The Labute approximate surface area is 102 Å². The third-order valence-corrected chi connectivity index (χ3v) is 4.57. The van der Waals surface area contributed by atoms with Gasteiger partial charge in [0.15, 0.2) is 0 Å². The molecule has 2 N–H and O–H groups in total. The zero-order chi connectivity index (χ0) is 11.2. The van der Waals surface area contributed by atoms with Crippen molar-refractivity contribution in [3.8, 4) is 0 Å². The van der Waals surface area contributed by atoms with Crippen LogP contribution in [0.2, 0.25) is 0 Å². The van der Waals surface area contributed by atoms with Gasteiger partial charge in [-0.15, -0.1) is 0 Å². The van der Waals surface area contributed by atoms with Crippen LogP contribution < -0.4 is 5.73 Å². The van der Waals surface area contributed by atoms with Crippen LogP contribution in [0.5, 0.6) is 0 Å². The van der Waals surface area contributed by atoms with Crippen molar-refractivity contribution in [2.75, 3.05) is 11.5 Å². The van der Waals surface area contributed by atoms with Gasteiger partial charge in [-0.05, 0) is 31.1 Å². The van der Waals surface area contributed by atoms with Crippen LogP contribution in [0.3, 0.4) is 0 Å². The molecule has 1 fully saturated rings. The van der Waals surface area contributed by atoms with E-state index >= 15 is 0 Å². The molecule has 0 spiro atoms. The van der Waals surface area contributed by atoms with Crippen LogP contribution >= 0.6 is 11.8 Å². The van der Waals surface area contributed by atoms with Gasteiger partial charge in [-0.3, -0.25) is 4.68 Å². The lowest BCUT2D eigenvalue weighted by Gasteiger charge is -2.20. The molecule has 90 valence electrons. The van der Waals surface area contributed by atoms with Crippen LogP contribution in [0.15, 0.2) is 12.3 Å². The van der Waals surface area contributed by atoms with E-state index in [0.29, 0.717) is 5.82 Å². The van der Waals surface area contributed by atoms with Crippen LogP contribution in [-0.4, -0.2) is 20.8 Å². The Kier molecular flexibility index (Phi) is 4.57. The highest BCUT2D eigenvalue weighted by atomic mass is 32.2. The molecule has 1 aliphatic carbocycles. The molecule has 2 rings (SSSR count). The topological polar surface area (TPSA) is 43.8 Å². The second kappa shape index (κ2) is 6.18. The van der Waals surface area contributed by atoms with Crippen molar-refractivity contribution < 1.29 is 0 Å². The van der Waals surface area contributed by atoms with Gasteiger partial charge in [-0.1, -0.05) is 19.3 Å². The summed E-state index contributed by atoms with van der Waals surface area (Å²) in [6.45, 7) is 0.997. The van der Waals surface area contributed by atoms with Crippen LogP contribution in [-0.2, 0) is 6.54 Å². The van der Waals surface area contributed by atoms with E-state index in [-0.39, 0.29) is 0 Å². The van der Waals surface area contributed by atoms with E-state index < -0.39 is 0 Å². The van der Waals surface area contributed by atoms with E-state index in [1.807, 2.05) is 16.9 Å². The normalized spacial score (nSPS) is 17.8.